The summed E-state index contributed by atoms with van der Waals surface area (Å²) in [5, 5.41) is 18.2. The van der Waals surface area contributed by atoms with E-state index in [1.165, 1.54) is 17.8 Å². The lowest BCUT2D eigenvalue weighted by Crippen LogP contribution is -2.15. The quantitative estimate of drug-likeness (QED) is 0.444. The van der Waals surface area contributed by atoms with Gasteiger partial charge in [-0.3, -0.25) is 4.68 Å². The van der Waals surface area contributed by atoms with E-state index in [1.54, 1.807) is 47.5 Å². The molecular weight excluding hydrogens is 408 g/mol. The van der Waals surface area contributed by atoms with Crippen LogP contribution in [0, 0.1) is 16.7 Å². The van der Waals surface area contributed by atoms with Crippen LogP contribution in [-0.4, -0.2) is 37.5 Å². The molecular formula is C23H22N6O3. The van der Waals surface area contributed by atoms with Gasteiger partial charge in [-0.1, -0.05) is 20.8 Å². The first-order chi connectivity index (χ1) is 15.3. The van der Waals surface area contributed by atoms with Crippen molar-refractivity contribution in [1.29, 1.82) is 5.26 Å². The zero-order valence-corrected chi connectivity index (χ0v) is 18.2. The maximum atomic E-state index is 13.0. The number of nitriles is 1. The van der Waals surface area contributed by atoms with Gasteiger partial charge in [0.15, 0.2) is 11.4 Å². The Hall–Kier alpha value is -4.19. The molecule has 0 radical (unpaired) electrons. The van der Waals surface area contributed by atoms with Crippen molar-refractivity contribution in [3.63, 3.8) is 0 Å². The van der Waals surface area contributed by atoms with E-state index in [4.69, 9.17) is 9.47 Å². The van der Waals surface area contributed by atoms with Crippen LogP contribution in [-0.2, 0) is 6.54 Å². The number of ether oxygens (including phenoxy) is 2. The minimum absolute atomic E-state index is 0.0600. The highest BCUT2D eigenvalue weighted by atomic mass is 16.5. The van der Waals surface area contributed by atoms with Crippen molar-refractivity contribution < 1.29 is 14.3 Å². The normalized spacial score (nSPS) is 11.3. The van der Waals surface area contributed by atoms with Crippen molar-refractivity contribution in [3.05, 3.63) is 60.2 Å². The van der Waals surface area contributed by atoms with E-state index < -0.39 is 5.97 Å². The Balaban J connectivity index is 1.79. The van der Waals surface area contributed by atoms with Gasteiger partial charge in [-0.25, -0.2) is 14.3 Å². The number of fused-ring (bicyclic) bond motifs is 1. The van der Waals surface area contributed by atoms with E-state index in [0.29, 0.717) is 34.8 Å². The first kappa shape index (κ1) is 21.1. The molecule has 0 unspecified atom stereocenters. The average Bonchev–Trinajstić information content (AvgIpc) is 3.36. The van der Waals surface area contributed by atoms with Crippen LogP contribution in [0.5, 0.6) is 11.5 Å². The second-order valence-corrected chi connectivity index (χ2v) is 8.46. The predicted octanol–water partition coefficient (Wildman–Crippen LogP) is 3.74. The van der Waals surface area contributed by atoms with Gasteiger partial charge in [0.25, 0.3) is 0 Å². The van der Waals surface area contributed by atoms with Crippen molar-refractivity contribution >= 4 is 11.6 Å². The lowest BCUT2D eigenvalue weighted by Gasteiger charge is -2.17. The summed E-state index contributed by atoms with van der Waals surface area (Å²) >= 11 is 0. The average molecular weight is 430 g/mol. The molecule has 0 atom stereocenters. The van der Waals surface area contributed by atoms with Crippen LogP contribution in [0.15, 0.2) is 49.1 Å². The molecule has 0 spiro atoms. The molecule has 0 fully saturated rings. The van der Waals surface area contributed by atoms with Crippen LogP contribution < -0.4 is 9.47 Å². The molecule has 3 aromatic heterocycles. The molecule has 162 valence electrons. The number of aromatic nitrogens is 5. The second-order valence-electron chi connectivity index (χ2n) is 8.46. The summed E-state index contributed by atoms with van der Waals surface area (Å²) in [5.41, 5.74) is 1.97. The van der Waals surface area contributed by atoms with Crippen molar-refractivity contribution in [3.8, 4) is 28.8 Å². The SMILES string of the molecule is COc1ccc(C#N)cc1-c1nn(CC(C)(C)C)cc1OC(=O)c1cnn2cccnc12. The number of carbonyl (C=O) groups excluding carboxylic acids is 1. The second kappa shape index (κ2) is 8.15. The predicted molar refractivity (Wildman–Crippen MR) is 116 cm³/mol. The Morgan fingerprint density at radius 2 is 2.06 bits per heavy atom. The van der Waals surface area contributed by atoms with Gasteiger partial charge >= 0.3 is 5.97 Å². The van der Waals surface area contributed by atoms with Gasteiger partial charge in [-0.15, -0.1) is 0 Å². The number of hydrogen-bond donors (Lipinski definition) is 0. The third kappa shape index (κ3) is 4.16. The molecule has 32 heavy (non-hydrogen) atoms. The van der Waals surface area contributed by atoms with Gasteiger partial charge in [0.05, 0.1) is 31.1 Å². The van der Waals surface area contributed by atoms with Crippen molar-refractivity contribution in [2.75, 3.05) is 7.11 Å². The molecule has 0 saturated heterocycles. The van der Waals surface area contributed by atoms with Crippen LogP contribution >= 0.6 is 0 Å². The molecule has 4 rings (SSSR count). The number of methoxy groups -OCH3 is 1. The number of esters is 1. The van der Waals surface area contributed by atoms with Gasteiger partial charge in [-0.2, -0.15) is 15.5 Å². The first-order valence-corrected chi connectivity index (χ1v) is 9.95. The van der Waals surface area contributed by atoms with E-state index in [1.807, 2.05) is 0 Å². The first-order valence-electron chi connectivity index (χ1n) is 9.95. The molecule has 4 aromatic rings. The summed E-state index contributed by atoms with van der Waals surface area (Å²) in [6, 6.07) is 8.85. The number of benzene rings is 1. The van der Waals surface area contributed by atoms with Gasteiger partial charge in [0.2, 0.25) is 0 Å². The molecule has 3 heterocycles. The maximum Gasteiger partial charge on any atom is 0.349 e. The van der Waals surface area contributed by atoms with E-state index in [2.05, 4.69) is 42.0 Å². The Labute approximate surface area is 184 Å². The Morgan fingerprint density at radius 3 is 2.78 bits per heavy atom. The number of hydrogen-bond acceptors (Lipinski definition) is 7. The zero-order valence-electron chi connectivity index (χ0n) is 18.2. The fourth-order valence-electron chi connectivity index (χ4n) is 3.32. The minimum Gasteiger partial charge on any atom is -0.496 e. The topological polar surface area (TPSA) is 107 Å². The molecule has 1 aromatic carbocycles. The summed E-state index contributed by atoms with van der Waals surface area (Å²) in [5.74, 6) is 0.161. The zero-order chi connectivity index (χ0) is 22.9. The van der Waals surface area contributed by atoms with E-state index in [-0.39, 0.29) is 16.7 Å². The van der Waals surface area contributed by atoms with Crippen molar-refractivity contribution in [2.24, 2.45) is 5.41 Å². The molecule has 0 bridgehead atoms. The third-order valence-corrected chi connectivity index (χ3v) is 4.65. The molecule has 9 heteroatoms. The van der Waals surface area contributed by atoms with Gasteiger partial charge in [0, 0.05) is 24.5 Å². The molecule has 9 nitrogen and oxygen atoms in total. The molecule has 0 amide bonds. The van der Waals surface area contributed by atoms with E-state index in [0.717, 1.165) is 0 Å². The molecule has 0 aliphatic carbocycles. The number of nitrogens with zero attached hydrogens (tertiary/aromatic N) is 6. The van der Waals surface area contributed by atoms with E-state index in [9.17, 15) is 10.1 Å². The third-order valence-electron chi connectivity index (χ3n) is 4.65. The minimum atomic E-state index is -0.606. The summed E-state index contributed by atoms with van der Waals surface area (Å²) in [6.45, 7) is 6.85. The lowest BCUT2D eigenvalue weighted by atomic mass is 9.97. The highest BCUT2D eigenvalue weighted by molar-refractivity contribution is 5.97. The van der Waals surface area contributed by atoms with Crippen LogP contribution in [0.1, 0.15) is 36.7 Å². The summed E-state index contributed by atoms with van der Waals surface area (Å²) in [6.07, 6.45) is 6.37. The monoisotopic (exact) mass is 430 g/mol. The smallest absolute Gasteiger partial charge is 0.349 e. The van der Waals surface area contributed by atoms with Crippen LogP contribution in [0.25, 0.3) is 16.9 Å². The molecule has 0 aliphatic rings. The van der Waals surface area contributed by atoms with Crippen LogP contribution in [0.4, 0.5) is 0 Å². The molecule has 0 N–H and O–H groups in total. The number of carbonyl (C=O) groups is 1. The van der Waals surface area contributed by atoms with Crippen molar-refractivity contribution in [1.82, 2.24) is 24.4 Å². The Kier molecular flexibility index (Phi) is 5.36. The number of rotatable bonds is 5. The molecule has 0 aliphatic heterocycles. The largest absolute Gasteiger partial charge is 0.496 e. The summed E-state index contributed by atoms with van der Waals surface area (Å²) in [7, 11) is 1.54. The van der Waals surface area contributed by atoms with Gasteiger partial charge < -0.3 is 9.47 Å². The maximum absolute atomic E-state index is 13.0. The van der Waals surface area contributed by atoms with Crippen molar-refractivity contribution in [2.45, 2.75) is 27.3 Å². The van der Waals surface area contributed by atoms with Crippen LogP contribution in [0.2, 0.25) is 0 Å². The highest BCUT2D eigenvalue weighted by Crippen LogP contribution is 2.37. The van der Waals surface area contributed by atoms with Gasteiger partial charge in [-0.05, 0) is 29.7 Å². The molecule has 0 saturated carbocycles. The highest BCUT2D eigenvalue weighted by Gasteiger charge is 2.24. The van der Waals surface area contributed by atoms with Crippen LogP contribution in [0.3, 0.4) is 0 Å². The Bertz CT molecular complexity index is 1340. The lowest BCUT2D eigenvalue weighted by molar-refractivity contribution is 0.0737. The fourth-order valence-corrected chi connectivity index (χ4v) is 3.32. The van der Waals surface area contributed by atoms with Gasteiger partial charge in [0.1, 0.15) is 17.0 Å². The Morgan fingerprint density at radius 1 is 1.25 bits per heavy atom. The standard InChI is InChI=1S/C23H22N6O3/c1-23(2,3)14-28-13-19(20(27-28)16-10-15(11-24)6-7-18(16)31-4)32-22(30)17-12-26-29-9-5-8-25-21(17)29/h5-10,12-13H,14H2,1-4H3. The summed E-state index contributed by atoms with van der Waals surface area (Å²) in [4.78, 5) is 17.2. The summed E-state index contributed by atoms with van der Waals surface area (Å²) < 4.78 is 14.5. The van der Waals surface area contributed by atoms with E-state index >= 15 is 0 Å². The fraction of sp³-hybridized carbons (Fsp3) is 0.261.